The summed E-state index contributed by atoms with van der Waals surface area (Å²) in [6.45, 7) is 0. The summed E-state index contributed by atoms with van der Waals surface area (Å²) in [4.78, 5) is 2.39. The molecule has 1 heterocycles. The molecule has 48 heavy (non-hydrogen) atoms. The van der Waals surface area contributed by atoms with E-state index in [4.69, 9.17) is 4.42 Å². The lowest BCUT2D eigenvalue weighted by Crippen LogP contribution is -2.10. The average molecular weight is 612 g/mol. The summed E-state index contributed by atoms with van der Waals surface area (Å²) in [5.41, 5.74) is 7.44. The van der Waals surface area contributed by atoms with Gasteiger partial charge in [0, 0.05) is 27.8 Å². The molecule has 2 nitrogen and oxygen atoms in total. The Morgan fingerprint density at radius 2 is 0.854 bits per heavy atom. The first-order chi connectivity index (χ1) is 23.8. The lowest BCUT2D eigenvalue weighted by Gasteiger charge is -2.26. The second kappa shape index (κ2) is 10.6. The van der Waals surface area contributed by atoms with Crippen molar-refractivity contribution in [1.82, 2.24) is 0 Å². The van der Waals surface area contributed by atoms with Crippen molar-refractivity contribution in [3.8, 4) is 11.1 Å². The number of furan rings is 1. The van der Waals surface area contributed by atoms with E-state index in [1.54, 1.807) is 0 Å². The lowest BCUT2D eigenvalue weighted by atomic mass is 9.96. The van der Waals surface area contributed by atoms with Crippen LogP contribution in [0.4, 0.5) is 17.1 Å². The van der Waals surface area contributed by atoms with Gasteiger partial charge < -0.3 is 9.32 Å². The number of fused-ring (bicyclic) bond motifs is 10. The first-order valence-electron chi connectivity index (χ1n) is 16.4. The highest BCUT2D eigenvalue weighted by Crippen LogP contribution is 2.43. The molecule has 0 bridgehead atoms. The van der Waals surface area contributed by atoms with Crippen LogP contribution in [0.1, 0.15) is 0 Å². The van der Waals surface area contributed by atoms with E-state index in [1.807, 2.05) is 0 Å². The number of hydrogen-bond acceptors (Lipinski definition) is 2. The number of anilines is 3. The van der Waals surface area contributed by atoms with Crippen molar-refractivity contribution in [3.05, 3.63) is 176 Å². The summed E-state index contributed by atoms with van der Waals surface area (Å²) in [5, 5.41) is 12.2. The van der Waals surface area contributed by atoms with Gasteiger partial charge in [-0.2, -0.15) is 0 Å². The van der Waals surface area contributed by atoms with Gasteiger partial charge in [-0.3, -0.25) is 0 Å². The molecule has 0 N–H and O–H groups in total. The van der Waals surface area contributed by atoms with Gasteiger partial charge in [-0.1, -0.05) is 127 Å². The zero-order chi connectivity index (χ0) is 31.6. The second-order valence-electron chi connectivity index (χ2n) is 12.5. The fourth-order valence-corrected chi connectivity index (χ4v) is 7.53. The molecular formula is C46H29NO. The Hall–Kier alpha value is -6.38. The summed E-state index contributed by atoms with van der Waals surface area (Å²) in [5.74, 6) is 0. The molecule has 10 rings (SSSR count). The smallest absolute Gasteiger partial charge is 0.136 e. The van der Waals surface area contributed by atoms with Gasteiger partial charge >= 0.3 is 0 Å². The van der Waals surface area contributed by atoms with Crippen LogP contribution in [0, 0.1) is 0 Å². The number of hydrogen-bond donors (Lipinski definition) is 0. The van der Waals surface area contributed by atoms with Gasteiger partial charge in [0.1, 0.15) is 11.2 Å². The van der Waals surface area contributed by atoms with Gasteiger partial charge in [0.15, 0.2) is 0 Å². The number of rotatable bonds is 4. The molecule has 0 amide bonds. The minimum atomic E-state index is 0.888. The molecule has 0 unspecified atom stereocenters. The molecule has 0 atom stereocenters. The molecule has 0 aliphatic rings. The standard InChI is InChI=1S/C46H29NO/c1-2-9-30(10-3-1)35-13-8-14-36(27-35)47(38-24-26-43-42(29-38)46-40-16-7-5-12-32(40)22-25-44(46)48-43)37-23-21-33-18-20-34-19-17-31-11-4-6-15-39(31)45(34)41(33)28-37/h1-29H. The first kappa shape index (κ1) is 26.8. The van der Waals surface area contributed by atoms with Crippen molar-refractivity contribution in [2.45, 2.75) is 0 Å². The molecule has 10 aromatic rings. The van der Waals surface area contributed by atoms with Crippen LogP contribution in [0.25, 0.3) is 76.2 Å². The molecule has 224 valence electrons. The van der Waals surface area contributed by atoms with Crippen LogP contribution in [0.3, 0.4) is 0 Å². The van der Waals surface area contributed by atoms with E-state index in [2.05, 4.69) is 181 Å². The molecule has 2 heteroatoms. The van der Waals surface area contributed by atoms with Gasteiger partial charge in [0.2, 0.25) is 0 Å². The van der Waals surface area contributed by atoms with Crippen LogP contribution in [0.2, 0.25) is 0 Å². The highest BCUT2D eigenvalue weighted by atomic mass is 16.3. The SMILES string of the molecule is c1ccc(-c2cccc(N(c3ccc4ccc5ccc6ccccc6c5c4c3)c3ccc4oc5ccc6ccccc6c5c4c3)c2)cc1. The van der Waals surface area contributed by atoms with E-state index in [0.717, 1.165) is 39.0 Å². The van der Waals surface area contributed by atoms with Crippen LogP contribution in [-0.4, -0.2) is 0 Å². The third-order valence-corrected chi connectivity index (χ3v) is 9.78. The molecular weight excluding hydrogens is 583 g/mol. The number of nitrogens with zero attached hydrogens (tertiary/aromatic N) is 1. The molecule has 9 aromatic carbocycles. The Morgan fingerprint density at radius 1 is 0.312 bits per heavy atom. The summed E-state index contributed by atoms with van der Waals surface area (Å²) in [6.07, 6.45) is 0. The molecule has 0 fully saturated rings. The van der Waals surface area contributed by atoms with Crippen LogP contribution in [-0.2, 0) is 0 Å². The quantitative estimate of drug-likeness (QED) is 0.184. The Balaban J connectivity index is 1.26. The Bertz CT molecular complexity index is 2840. The van der Waals surface area contributed by atoms with Crippen molar-refractivity contribution in [1.29, 1.82) is 0 Å². The van der Waals surface area contributed by atoms with E-state index < -0.39 is 0 Å². The Labute approximate surface area is 277 Å². The third-order valence-electron chi connectivity index (χ3n) is 9.78. The fourth-order valence-electron chi connectivity index (χ4n) is 7.53. The number of benzene rings is 9. The van der Waals surface area contributed by atoms with Crippen LogP contribution < -0.4 is 4.90 Å². The summed E-state index contributed by atoms with van der Waals surface area (Å²) in [7, 11) is 0. The molecule has 0 radical (unpaired) electrons. The zero-order valence-corrected chi connectivity index (χ0v) is 26.1. The topological polar surface area (TPSA) is 16.4 Å². The minimum Gasteiger partial charge on any atom is -0.456 e. The van der Waals surface area contributed by atoms with Crippen LogP contribution in [0.5, 0.6) is 0 Å². The van der Waals surface area contributed by atoms with E-state index in [0.29, 0.717) is 0 Å². The predicted molar refractivity (Wildman–Crippen MR) is 204 cm³/mol. The van der Waals surface area contributed by atoms with Gasteiger partial charge in [-0.25, -0.2) is 0 Å². The van der Waals surface area contributed by atoms with Gasteiger partial charge in [-0.05, 0) is 103 Å². The average Bonchev–Trinajstić information content (AvgIpc) is 3.54. The maximum absolute atomic E-state index is 6.41. The van der Waals surface area contributed by atoms with E-state index in [9.17, 15) is 0 Å². The van der Waals surface area contributed by atoms with Crippen molar-refractivity contribution < 1.29 is 4.42 Å². The third kappa shape index (κ3) is 4.20. The highest BCUT2D eigenvalue weighted by molar-refractivity contribution is 6.21. The normalized spacial score (nSPS) is 11.8. The summed E-state index contributed by atoms with van der Waals surface area (Å²) < 4.78 is 6.41. The first-order valence-corrected chi connectivity index (χ1v) is 16.4. The highest BCUT2D eigenvalue weighted by Gasteiger charge is 2.18. The van der Waals surface area contributed by atoms with E-state index >= 15 is 0 Å². The summed E-state index contributed by atoms with van der Waals surface area (Å²) in [6, 6.07) is 63.4. The fraction of sp³-hybridized carbons (Fsp3) is 0. The molecule has 0 saturated carbocycles. The van der Waals surface area contributed by atoms with Crippen molar-refractivity contribution >= 4 is 82.1 Å². The lowest BCUT2D eigenvalue weighted by molar-refractivity contribution is 0.669. The summed E-state index contributed by atoms with van der Waals surface area (Å²) >= 11 is 0. The molecule has 0 spiro atoms. The maximum atomic E-state index is 6.41. The molecule has 0 aliphatic carbocycles. The largest absolute Gasteiger partial charge is 0.456 e. The minimum absolute atomic E-state index is 0.888. The van der Waals surface area contributed by atoms with Crippen molar-refractivity contribution in [3.63, 3.8) is 0 Å². The van der Waals surface area contributed by atoms with Gasteiger partial charge in [0.25, 0.3) is 0 Å². The second-order valence-corrected chi connectivity index (χ2v) is 12.5. The van der Waals surface area contributed by atoms with Crippen molar-refractivity contribution in [2.24, 2.45) is 0 Å². The molecule has 0 aliphatic heterocycles. The maximum Gasteiger partial charge on any atom is 0.136 e. The Morgan fingerprint density at radius 3 is 1.65 bits per heavy atom. The van der Waals surface area contributed by atoms with E-state index in [1.165, 1.54) is 54.2 Å². The van der Waals surface area contributed by atoms with Crippen LogP contribution in [0.15, 0.2) is 180 Å². The molecule has 0 saturated heterocycles. The monoisotopic (exact) mass is 611 g/mol. The van der Waals surface area contributed by atoms with Crippen molar-refractivity contribution in [2.75, 3.05) is 4.90 Å². The molecule has 1 aromatic heterocycles. The van der Waals surface area contributed by atoms with Gasteiger partial charge in [-0.15, -0.1) is 0 Å². The zero-order valence-electron chi connectivity index (χ0n) is 26.1. The van der Waals surface area contributed by atoms with Gasteiger partial charge in [0.05, 0.1) is 0 Å². The predicted octanol–water partition coefficient (Wildman–Crippen LogP) is 13.3. The Kier molecular flexibility index (Phi) is 5.91. The van der Waals surface area contributed by atoms with Crippen LogP contribution >= 0.6 is 0 Å². The van der Waals surface area contributed by atoms with E-state index in [-0.39, 0.29) is 0 Å².